The Labute approximate surface area is 96.4 Å². The van der Waals surface area contributed by atoms with Gasteiger partial charge in [0.25, 0.3) is 0 Å². The number of hydrogen-bond acceptors (Lipinski definition) is 2. The quantitative estimate of drug-likeness (QED) is 0.477. The fourth-order valence-corrected chi connectivity index (χ4v) is 1.64. The second-order valence-corrected chi connectivity index (χ2v) is 3.52. The molecule has 2 aromatic rings. The van der Waals surface area contributed by atoms with Crippen LogP contribution in [0.1, 0.15) is 5.56 Å². The van der Waals surface area contributed by atoms with E-state index in [1.54, 1.807) is 23.0 Å². The van der Waals surface area contributed by atoms with E-state index in [1.165, 1.54) is 10.9 Å². The summed E-state index contributed by atoms with van der Waals surface area (Å²) in [5.74, 6) is 0.718. The van der Waals surface area contributed by atoms with E-state index in [0.717, 1.165) is 11.1 Å². The number of hydrogen-bond donors (Lipinski definition) is 0. The van der Waals surface area contributed by atoms with Gasteiger partial charge in [-0.25, -0.2) is 0 Å². The fraction of sp³-hybridized carbons (Fsp3) is 0.0909. The Morgan fingerprint density at radius 3 is 2.50 bits per heavy atom. The summed E-state index contributed by atoms with van der Waals surface area (Å²) in [6.45, 7) is 2.08. The van der Waals surface area contributed by atoms with Gasteiger partial charge in [-0.1, -0.05) is 29.8 Å². The molecular formula is C11H9IO2. The molecule has 0 heterocycles. The van der Waals surface area contributed by atoms with Gasteiger partial charge < -0.3 is 4.89 Å². The summed E-state index contributed by atoms with van der Waals surface area (Å²) in [5, 5.41) is 2.37. The standard InChI is InChI=1S/C11H9IO2/c1-8-2-3-10-7-11(13-14-12)5-4-9(10)6-8/h2-7H,1H3. The van der Waals surface area contributed by atoms with E-state index >= 15 is 0 Å². The van der Waals surface area contributed by atoms with Crippen molar-refractivity contribution >= 4 is 33.8 Å². The number of benzene rings is 2. The lowest BCUT2D eigenvalue weighted by atomic mass is 10.1. The molecule has 14 heavy (non-hydrogen) atoms. The smallest absolute Gasteiger partial charge is 0.170 e. The predicted molar refractivity (Wildman–Crippen MR) is 64.4 cm³/mol. The second kappa shape index (κ2) is 4.14. The van der Waals surface area contributed by atoms with Crippen LogP contribution >= 0.6 is 23.0 Å². The van der Waals surface area contributed by atoms with Gasteiger partial charge >= 0.3 is 0 Å². The van der Waals surface area contributed by atoms with E-state index in [1.807, 2.05) is 18.2 Å². The molecule has 0 spiro atoms. The van der Waals surface area contributed by atoms with Crippen molar-refractivity contribution in [3.8, 4) is 5.75 Å². The van der Waals surface area contributed by atoms with E-state index < -0.39 is 0 Å². The van der Waals surface area contributed by atoms with Crippen molar-refractivity contribution in [2.45, 2.75) is 6.92 Å². The lowest BCUT2D eigenvalue weighted by molar-refractivity contribution is -0.0470. The molecule has 0 aliphatic heterocycles. The molecule has 0 saturated carbocycles. The molecule has 0 amide bonds. The summed E-state index contributed by atoms with van der Waals surface area (Å²) in [6, 6.07) is 12.2. The Morgan fingerprint density at radius 2 is 1.71 bits per heavy atom. The lowest BCUT2D eigenvalue weighted by Gasteiger charge is -2.02. The Hall–Kier alpha value is -0.810. The molecule has 0 saturated heterocycles. The van der Waals surface area contributed by atoms with E-state index in [-0.39, 0.29) is 0 Å². The Morgan fingerprint density at radius 1 is 1.00 bits per heavy atom. The van der Waals surface area contributed by atoms with Crippen LogP contribution < -0.4 is 4.89 Å². The van der Waals surface area contributed by atoms with Gasteiger partial charge in [0.05, 0.1) is 0 Å². The van der Waals surface area contributed by atoms with Crippen molar-refractivity contribution < 1.29 is 8.10 Å². The highest BCUT2D eigenvalue weighted by Crippen LogP contribution is 2.22. The maximum atomic E-state index is 4.93. The normalized spacial score (nSPS) is 10.4. The van der Waals surface area contributed by atoms with Crippen molar-refractivity contribution in [2.75, 3.05) is 0 Å². The van der Waals surface area contributed by atoms with Crippen LogP contribution in [0.25, 0.3) is 10.8 Å². The minimum atomic E-state index is 0.718. The SMILES string of the molecule is Cc1ccc2cc(OOI)ccc2c1. The minimum Gasteiger partial charge on any atom is -0.327 e. The van der Waals surface area contributed by atoms with E-state index in [4.69, 9.17) is 4.89 Å². The summed E-state index contributed by atoms with van der Waals surface area (Å²) >= 11 is 1.70. The van der Waals surface area contributed by atoms with E-state index in [0.29, 0.717) is 0 Å². The van der Waals surface area contributed by atoms with Gasteiger partial charge in [0.2, 0.25) is 0 Å². The van der Waals surface area contributed by atoms with Gasteiger partial charge in [-0.3, -0.25) is 0 Å². The Bertz CT molecular complexity index is 454. The monoisotopic (exact) mass is 300 g/mol. The van der Waals surface area contributed by atoms with Crippen LogP contribution in [0, 0.1) is 6.92 Å². The molecule has 2 aromatic carbocycles. The summed E-state index contributed by atoms with van der Waals surface area (Å²) in [7, 11) is 0. The maximum absolute atomic E-state index is 4.93. The molecule has 0 radical (unpaired) electrons. The zero-order valence-electron chi connectivity index (χ0n) is 7.66. The number of rotatable bonds is 2. The van der Waals surface area contributed by atoms with E-state index in [9.17, 15) is 0 Å². The van der Waals surface area contributed by atoms with E-state index in [2.05, 4.69) is 28.3 Å². The van der Waals surface area contributed by atoms with Crippen LogP contribution in [0.2, 0.25) is 0 Å². The molecule has 0 aliphatic carbocycles. The van der Waals surface area contributed by atoms with Crippen molar-refractivity contribution in [1.82, 2.24) is 0 Å². The average molecular weight is 300 g/mol. The van der Waals surface area contributed by atoms with Crippen molar-refractivity contribution in [1.29, 1.82) is 0 Å². The molecule has 2 nitrogen and oxygen atoms in total. The average Bonchev–Trinajstić information content (AvgIpc) is 2.19. The summed E-state index contributed by atoms with van der Waals surface area (Å²) in [6.07, 6.45) is 0. The zero-order valence-corrected chi connectivity index (χ0v) is 9.82. The zero-order chi connectivity index (χ0) is 9.97. The molecule has 0 aliphatic rings. The maximum Gasteiger partial charge on any atom is 0.170 e. The topological polar surface area (TPSA) is 18.5 Å². The van der Waals surface area contributed by atoms with Gasteiger partial charge in [-0.15, -0.1) is 3.22 Å². The predicted octanol–water partition coefficient (Wildman–Crippen LogP) is 3.81. The molecule has 0 fully saturated rings. The first-order chi connectivity index (χ1) is 6.79. The third-order valence-electron chi connectivity index (χ3n) is 2.09. The fourth-order valence-electron chi connectivity index (χ4n) is 1.43. The van der Waals surface area contributed by atoms with Crippen molar-refractivity contribution in [3.63, 3.8) is 0 Å². The summed E-state index contributed by atoms with van der Waals surface area (Å²) < 4.78 is 4.57. The van der Waals surface area contributed by atoms with Crippen molar-refractivity contribution in [2.24, 2.45) is 0 Å². The van der Waals surface area contributed by atoms with Gasteiger partial charge in [-0.2, -0.15) is 0 Å². The highest BCUT2D eigenvalue weighted by Gasteiger charge is 1.97. The lowest BCUT2D eigenvalue weighted by Crippen LogP contribution is -1.85. The Balaban J connectivity index is 2.50. The second-order valence-electron chi connectivity index (χ2n) is 3.16. The van der Waals surface area contributed by atoms with Crippen LogP contribution in [-0.2, 0) is 3.22 Å². The third kappa shape index (κ3) is 1.99. The molecule has 2 rings (SSSR count). The number of aryl methyl sites for hydroxylation is 1. The van der Waals surface area contributed by atoms with Crippen LogP contribution in [-0.4, -0.2) is 0 Å². The molecule has 0 atom stereocenters. The molecule has 72 valence electrons. The molecular weight excluding hydrogens is 291 g/mol. The largest absolute Gasteiger partial charge is 0.327 e. The highest BCUT2D eigenvalue weighted by molar-refractivity contribution is 14.1. The summed E-state index contributed by atoms with van der Waals surface area (Å²) in [5.41, 5.74) is 1.26. The van der Waals surface area contributed by atoms with Gasteiger partial charge in [0.15, 0.2) is 28.8 Å². The summed E-state index contributed by atoms with van der Waals surface area (Å²) in [4.78, 5) is 4.93. The highest BCUT2D eigenvalue weighted by atomic mass is 127. The van der Waals surface area contributed by atoms with Gasteiger partial charge in [-0.05, 0) is 29.8 Å². The molecule has 0 bridgehead atoms. The van der Waals surface area contributed by atoms with Crippen LogP contribution in [0.5, 0.6) is 5.75 Å². The molecule has 3 heteroatoms. The first-order valence-corrected chi connectivity index (χ1v) is 5.13. The first-order valence-electron chi connectivity index (χ1n) is 4.25. The first kappa shape index (κ1) is 9.73. The van der Waals surface area contributed by atoms with Gasteiger partial charge in [0, 0.05) is 0 Å². The van der Waals surface area contributed by atoms with Crippen molar-refractivity contribution in [3.05, 3.63) is 42.0 Å². The molecule has 0 unspecified atom stereocenters. The van der Waals surface area contributed by atoms with Crippen LogP contribution in [0.15, 0.2) is 36.4 Å². The number of fused-ring (bicyclic) bond motifs is 1. The number of halogens is 1. The minimum absolute atomic E-state index is 0.718. The third-order valence-corrected chi connectivity index (χ3v) is 2.27. The Kier molecular flexibility index (Phi) is 2.88. The molecule has 0 N–H and O–H groups in total. The van der Waals surface area contributed by atoms with Crippen LogP contribution in [0.3, 0.4) is 0 Å². The van der Waals surface area contributed by atoms with Gasteiger partial charge in [0.1, 0.15) is 0 Å². The molecule has 0 aromatic heterocycles. The van der Waals surface area contributed by atoms with Crippen LogP contribution in [0.4, 0.5) is 0 Å².